The quantitative estimate of drug-likeness (QED) is 0.773. The molecule has 1 aliphatic heterocycles. The maximum atomic E-state index is 12.3. The predicted molar refractivity (Wildman–Crippen MR) is 66.0 cm³/mol. The minimum absolute atomic E-state index is 0.0473. The van der Waals surface area contributed by atoms with Crippen molar-refractivity contribution in [2.24, 2.45) is 0 Å². The molecule has 1 aromatic heterocycles. The lowest BCUT2D eigenvalue weighted by Crippen LogP contribution is -2.47. The Bertz CT molecular complexity index is 397. The molecule has 2 heterocycles. The second-order valence-electron chi connectivity index (χ2n) is 4.58. The summed E-state index contributed by atoms with van der Waals surface area (Å²) in [5, 5.41) is 7.87. The highest BCUT2D eigenvalue weighted by atomic mass is 35.5. The van der Waals surface area contributed by atoms with Gasteiger partial charge in [-0.1, -0.05) is 11.6 Å². The van der Waals surface area contributed by atoms with Gasteiger partial charge in [0, 0.05) is 12.1 Å². The number of carbonyl (C=O) groups excluding carboxylic acids is 1. The smallest absolute Gasteiger partial charge is 0.274 e. The molecule has 1 amide bonds. The van der Waals surface area contributed by atoms with Crippen LogP contribution in [0.15, 0.2) is 12.1 Å². The van der Waals surface area contributed by atoms with Crippen LogP contribution in [0.2, 0.25) is 5.15 Å². The molecule has 1 aliphatic rings. The van der Waals surface area contributed by atoms with E-state index < -0.39 is 0 Å². The summed E-state index contributed by atoms with van der Waals surface area (Å²) in [7, 11) is 0. The minimum atomic E-state index is -0.0473. The first kappa shape index (κ1) is 12.3. The zero-order chi connectivity index (χ0) is 12.4. The topological polar surface area (TPSA) is 46.1 Å². The molecule has 0 spiro atoms. The average Bonchev–Trinajstić information content (AvgIpc) is 2.29. The molecular weight excluding hydrogens is 238 g/mol. The van der Waals surface area contributed by atoms with Crippen LogP contribution >= 0.6 is 11.6 Å². The molecule has 4 nitrogen and oxygen atoms in total. The summed E-state index contributed by atoms with van der Waals surface area (Å²) in [5.41, 5.74) is 0.370. The highest BCUT2D eigenvalue weighted by molar-refractivity contribution is 6.29. The second kappa shape index (κ2) is 5.00. The van der Waals surface area contributed by atoms with Crippen LogP contribution in [0.1, 0.15) is 43.6 Å². The highest BCUT2D eigenvalue weighted by Crippen LogP contribution is 2.24. The SMILES string of the molecule is CC1CCCC(C)N1C(=O)c1ccc(Cl)nn1. The number of hydrogen-bond donors (Lipinski definition) is 0. The van der Waals surface area contributed by atoms with Gasteiger partial charge in [-0.15, -0.1) is 10.2 Å². The number of halogens is 1. The Kier molecular flexibility index (Phi) is 3.62. The van der Waals surface area contributed by atoms with E-state index in [1.165, 1.54) is 6.42 Å². The van der Waals surface area contributed by atoms with E-state index in [-0.39, 0.29) is 18.0 Å². The van der Waals surface area contributed by atoms with Gasteiger partial charge in [-0.3, -0.25) is 4.79 Å². The van der Waals surface area contributed by atoms with Gasteiger partial charge in [0.1, 0.15) is 0 Å². The van der Waals surface area contributed by atoms with E-state index in [0.29, 0.717) is 10.8 Å². The van der Waals surface area contributed by atoms with Crippen LogP contribution < -0.4 is 0 Å². The fraction of sp³-hybridized carbons (Fsp3) is 0.583. The first-order valence-electron chi connectivity index (χ1n) is 5.91. The molecule has 0 radical (unpaired) electrons. The Morgan fingerprint density at radius 2 is 1.94 bits per heavy atom. The van der Waals surface area contributed by atoms with E-state index in [2.05, 4.69) is 24.0 Å². The van der Waals surface area contributed by atoms with Crippen LogP contribution in [0.5, 0.6) is 0 Å². The van der Waals surface area contributed by atoms with Crippen molar-refractivity contribution in [2.45, 2.75) is 45.2 Å². The summed E-state index contributed by atoms with van der Waals surface area (Å²) in [4.78, 5) is 14.2. The number of amides is 1. The minimum Gasteiger partial charge on any atom is -0.332 e. The van der Waals surface area contributed by atoms with E-state index >= 15 is 0 Å². The molecular formula is C12H16ClN3O. The van der Waals surface area contributed by atoms with Gasteiger partial charge in [0.15, 0.2) is 10.8 Å². The van der Waals surface area contributed by atoms with Crippen molar-refractivity contribution in [2.75, 3.05) is 0 Å². The van der Waals surface area contributed by atoms with Crippen molar-refractivity contribution in [3.05, 3.63) is 23.0 Å². The van der Waals surface area contributed by atoms with Crippen LogP contribution in [0.4, 0.5) is 0 Å². The lowest BCUT2D eigenvalue weighted by molar-refractivity contribution is 0.0503. The molecule has 0 aliphatic carbocycles. The molecule has 2 rings (SSSR count). The largest absolute Gasteiger partial charge is 0.332 e. The zero-order valence-electron chi connectivity index (χ0n) is 10.1. The molecule has 0 aromatic carbocycles. The lowest BCUT2D eigenvalue weighted by Gasteiger charge is -2.38. The molecule has 0 N–H and O–H groups in total. The maximum Gasteiger partial charge on any atom is 0.274 e. The Morgan fingerprint density at radius 1 is 1.29 bits per heavy atom. The molecule has 92 valence electrons. The molecule has 5 heteroatoms. The van der Waals surface area contributed by atoms with Gasteiger partial charge < -0.3 is 4.90 Å². The molecule has 1 aromatic rings. The van der Waals surface area contributed by atoms with Crippen molar-refractivity contribution in [3.8, 4) is 0 Å². The number of hydrogen-bond acceptors (Lipinski definition) is 3. The van der Waals surface area contributed by atoms with E-state index in [9.17, 15) is 4.79 Å². The average molecular weight is 254 g/mol. The fourth-order valence-corrected chi connectivity index (χ4v) is 2.48. The van der Waals surface area contributed by atoms with Gasteiger partial charge in [-0.25, -0.2) is 0 Å². The van der Waals surface area contributed by atoms with Crippen molar-refractivity contribution < 1.29 is 4.79 Å². The summed E-state index contributed by atoms with van der Waals surface area (Å²) in [6, 6.07) is 3.76. The molecule has 17 heavy (non-hydrogen) atoms. The molecule has 1 fully saturated rings. The van der Waals surface area contributed by atoms with Crippen molar-refractivity contribution in [3.63, 3.8) is 0 Å². The van der Waals surface area contributed by atoms with Crippen LogP contribution in [0.25, 0.3) is 0 Å². The first-order valence-corrected chi connectivity index (χ1v) is 6.29. The molecule has 2 atom stereocenters. The Labute approximate surface area is 106 Å². The third-order valence-electron chi connectivity index (χ3n) is 3.28. The summed E-state index contributed by atoms with van der Waals surface area (Å²) < 4.78 is 0. The summed E-state index contributed by atoms with van der Waals surface area (Å²) in [6.07, 6.45) is 3.28. The van der Waals surface area contributed by atoms with Gasteiger partial charge in [0.25, 0.3) is 5.91 Å². The number of aromatic nitrogens is 2. The van der Waals surface area contributed by atoms with Crippen molar-refractivity contribution >= 4 is 17.5 Å². The van der Waals surface area contributed by atoms with E-state index in [1.807, 2.05) is 4.90 Å². The van der Waals surface area contributed by atoms with E-state index in [1.54, 1.807) is 12.1 Å². The zero-order valence-corrected chi connectivity index (χ0v) is 10.8. The first-order chi connectivity index (χ1) is 8.09. The van der Waals surface area contributed by atoms with Crippen LogP contribution in [0, 0.1) is 0 Å². The standard InChI is InChI=1S/C12H16ClN3O/c1-8-4-3-5-9(2)16(8)12(17)10-6-7-11(13)15-14-10/h6-9H,3-5H2,1-2H3. The van der Waals surface area contributed by atoms with Gasteiger partial charge in [0.05, 0.1) is 0 Å². The highest BCUT2D eigenvalue weighted by Gasteiger charge is 2.30. The Morgan fingerprint density at radius 3 is 2.47 bits per heavy atom. The summed E-state index contributed by atoms with van der Waals surface area (Å²) in [5.74, 6) is -0.0473. The van der Waals surface area contributed by atoms with Crippen LogP contribution in [0.3, 0.4) is 0 Å². The molecule has 1 saturated heterocycles. The van der Waals surface area contributed by atoms with Crippen LogP contribution in [-0.4, -0.2) is 33.1 Å². The number of piperidine rings is 1. The summed E-state index contributed by atoms with van der Waals surface area (Å²) >= 11 is 5.66. The van der Waals surface area contributed by atoms with Gasteiger partial charge in [-0.2, -0.15) is 0 Å². The number of rotatable bonds is 1. The maximum absolute atomic E-state index is 12.3. The Balaban J connectivity index is 2.20. The number of nitrogens with zero attached hydrogens (tertiary/aromatic N) is 3. The molecule has 0 bridgehead atoms. The predicted octanol–water partition coefficient (Wildman–Crippen LogP) is 2.53. The van der Waals surface area contributed by atoms with Crippen molar-refractivity contribution in [1.29, 1.82) is 0 Å². The third-order valence-corrected chi connectivity index (χ3v) is 3.48. The normalized spacial score (nSPS) is 24.8. The van der Waals surface area contributed by atoms with Gasteiger partial charge in [-0.05, 0) is 45.2 Å². The van der Waals surface area contributed by atoms with Gasteiger partial charge in [0.2, 0.25) is 0 Å². The van der Waals surface area contributed by atoms with Crippen LogP contribution in [-0.2, 0) is 0 Å². The van der Waals surface area contributed by atoms with Gasteiger partial charge >= 0.3 is 0 Å². The fourth-order valence-electron chi connectivity index (χ4n) is 2.38. The lowest BCUT2D eigenvalue weighted by atomic mass is 9.97. The Hall–Kier alpha value is -1.16. The molecule has 2 unspecified atom stereocenters. The van der Waals surface area contributed by atoms with Crippen molar-refractivity contribution in [1.82, 2.24) is 15.1 Å². The number of likely N-dealkylation sites (tertiary alicyclic amines) is 1. The van der Waals surface area contributed by atoms with E-state index in [4.69, 9.17) is 11.6 Å². The third kappa shape index (κ3) is 2.57. The number of carbonyl (C=O) groups is 1. The summed E-state index contributed by atoms with van der Waals surface area (Å²) in [6.45, 7) is 4.16. The van der Waals surface area contributed by atoms with E-state index in [0.717, 1.165) is 12.8 Å². The monoisotopic (exact) mass is 253 g/mol. The molecule has 0 saturated carbocycles. The second-order valence-corrected chi connectivity index (χ2v) is 4.97.